The van der Waals surface area contributed by atoms with Crippen LogP contribution in [0.2, 0.25) is 0 Å². The SMILES string of the molecule is CCNC(C)c1cccc(NC(=O)NCc2cccs2)c1. The minimum absolute atomic E-state index is 0.184. The number of carbonyl (C=O) groups excluding carboxylic acids is 1. The molecule has 5 heteroatoms. The number of hydrogen-bond acceptors (Lipinski definition) is 3. The Kier molecular flexibility index (Phi) is 5.78. The molecule has 3 N–H and O–H groups in total. The molecule has 0 spiro atoms. The van der Waals surface area contributed by atoms with Crippen molar-refractivity contribution < 1.29 is 4.79 Å². The molecular formula is C16H21N3OS. The van der Waals surface area contributed by atoms with E-state index in [1.54, 1.807) is 11.3 Å². The number of nitrogens with one attached hydrogen (secondary N) is 3. The molecule has 0 bridgehead atoms. The molecule has 1 aromatic heterocycles. The van der Waals surface area contributed by atoms with Gasteiger partial charge in [0, 0.05) is 16.6 Å². The molecule has 0 saturated heterocycles. The number of rotatable bonds is 6. The molecule has 1 heterocycles. The van der Waals surface area contributed by atoms with E-state index in [1.807, 2.05) is 35.7 Å². The fraction of sp³-hybridized carbons (Fsp3) is 0.312. The van der Waals surface area contributed by atoms with E-state index in [0.29, 0.717) is 6.54 Å². The van der Waals surface area contributed by atoms with E-state index in [2.05, 4.69) is 35.9 Å². The predicted molar refractivity (Wildman–Crippen MR) is 88.7 cm³/mol. The quantitative estimate of drug-likeness (QED) is 0.761. The smallest absolute Gasteiger partial charge is 0.319 e. The zero-order chi connectivity index (χ0) is 15.1. The summed E-state index contributed by atoms with van der Waals surface area (Å²) in [6.07, 6.45) is 0. The van der Waals surface area contributed by atoms with Crippen LogP contribution in [0, 0.1) is 0 Å². The lowest BCUT2D eigenvalue weighted by molar-refractivity contribution is 0.252. The largest absolute Gasteiger partial charge is 0.333 e. The topological polar surface area (TPSA) is 53.2 Å². The van der Waals surface area contributed by atoms with Gasteiger partial charge in [-0.15, -0.1) is 11.3 Å². The number of benzene rings is 1. The zero-order valence-electron chi connectivity index (χ0n) is 12.3. The summed E-state index contributed by atoms with van der Waals surface area (Å²) in [4.78, 5) is 13.0. The first-order chi connectivity index (χ1) is 10.2. The van der Waals surface area contributed by atoms with Crippen molar-refractivity contribution in [1.29, 1.82) is 0 Å². The Morgan fingerprint density at radius 3 is 2.86 bits per heavy atom. The highest BCUT2D eigenvalue weighted by atomic mass is 32.1. The molecule has 2 amide bonds. The van der Waals surface area contributed by atoms with Gasteiger partial charge in [0.25, 0.3) is 0 Å². The van der Waals surface area contributed by atoms with Crippen molar-refractivity contribution in [2.24, 2.45) is 0 Å². The van der Waals surface area contributed by atoms with Gasteiger partial charge in [0.05, 0.1) is 6.54 Å². The van der Waals surface area contributed by atoms with Crippen LogP contribution in [-0.2, 0) is 6.54 Å². The monoisotopic (exact) mass is 303 g/mol. The molecule has 1 aromatic carbocycles. The summed E-state index contributed by atoms with van der Waals surface area (Å²) in [6, 6.07) is 12.0. The van der Waals surface area contributed by atoms with Crippen molar-refractivity contribution in [2.75, 3.05) is 11.9 Å². The molecule has 4 nitrogen and oxygen atoms in total. The minimum atomic E-state index is -0.184. The second-order valence-electron chi connectivity index (χ2n) is 4.79. The Morgan fingerprint density at radius 1 is 1.29 bits per heavy atom. The first kappa shape index (κ1) is 15.5. The zero-order valence-corrected chi connectivity index (χ0v) is 13.2. The van der Waals surface area contributed by atoms with Crippen LogP contribution >= 0.6 is 11.3 Å². The molecule has 2 rings (SSSR count). The van der Waals surface area contributed by atoms with Crippen molar-refractivity contribution in [1.82, 2.24) is 10.6 Å². The van der Waals surface area contributed by atoms with E-state index in [9.17, 15) is 4.79 Å². The van der Waals surface area contributed by atoms with Crippen molar-refractivity contribution in [3.05, 3.63) is 52.2 Å². The van der Waals surface area contributed by atoms with Gasteiger partial charge >= 0.3 is 6.03 Å². The van der Waals surface area contributed by atoms with Crippen LogP contribution in [0.1, 0.15) is 30.3 Å². The fourth-order valence-corrected chi connectivity index (χ4v) is 2.71. The molecule has 112 valence electrons. The van der Waals surface area contributed by atoms with Crippen LogP contribution in [0.4, 0.5) is 10.5 Å². The van der Waals surface area contributed by atoms with E-state index in [4.69, 9.17) is 0 Å². The molecular weight excluding hydrogens is 282 g/mol. The summed E-state index contributed by atoms with van der Waals surface area (Å²) in [5.74, 6) is 0. The van der Waals surface area contributed by atoms with Gasteiger partial charge in [-0.3, -0.25) is 0 Å². The lowest BCUT2D eigenvalue weighted by Crippen LogP contribution is -2.28. The van der Waals surface area contributed by atoms with Crippen molar-refractivity contribution in [3.8, 4) is 0 Å². The number of hydrogen-bond donors (Lipinski definition) is 3. The summed E-state index contributed by atoms with van der Waals surface area (Å²) in [5, 5.41) is 11.1. The second-order valence-corrected chi connectivity index (χ2v) is 5.82. The van der Waals surface area contributed by atoms with E-state index >= 15 is 0 Å². The van der Waals surface area contributed by atoms with Crippen LogP contribution in [0.15, 0.2) is 41.8 Å². The van der Waals surface area contributed by atoms with Gasteiger partial charge in [-0.2, -0.15) is 0 Å². The van der Waals surface area contributed by atoms with Crippen LogP contribution in [0.5, 0.6) is 0 Å². The molecule has 0 aliphatic rings. The molecule has 0 saturated carbocycles. The maximum atomic E-state index is 11.9. The predicted octanol–water partition coefficient (Wildman–Crippen LogP) is 3.74. The summed E-state index contributed by atoms with van der Waals surface area (Å²) < 4.78 is 0. The average Bonchev–Trinajstić information content (AvgIpc) is 2.99. The van der Waals surface area contributed by atoms with Gasteiger partial charge in [-0.25, -0.2) is 4.79 Å². The normalized spacial score (nSPS) is 11.9. The summed E-state index contributed by atoms with van der Waals surface area (Å²) in [5.41, 5.74) is 1.97. The number of anilines is 1. The standard InChI is InChI=1S/C16H21N3OS/c1-3-17-12(2)13-6-4-7-14(10-13)19-16(20)18-11-15-8-5-9-21-15/h4-10,12,17H,3,11H2,1-2H3,(H2,18,19,20). The summed E-state index contributed by atoms with van der Waals surface area (Å²) in [6.45, 7) is 5.66. The third-order valence-corrected chi connectivity index (χ3v) is 4.03. The Hall–Kier alpha value is -1.85. The maximum absolute atomic E-state index is 11.9. The highest BCUT2D eigenvalue weighted by Gasteiger charge is 2.06. The number of amides is 2. The number of thiophene rings is 1. The van der Waals surface area contributed by atoms with Gasteiger partial charge in [0.1, 0.15) is 0 Å². The van der Waals surface area contributed by atoms with Crippen LogP contribution in [0.3, 0.4) is 0 Å². The van der Waals surface area contributed by atoms with Gasteiger partial charge in [-0.05, 0) is 42.6 Å². The molecule has 21 heavy (non-hydrogen) atoms. The Morgan fingerprint density at radius 2 is 2.14 bits per heavy atom. The van der Waals surface area contributed by atoms with E-state index in [1.165, 1.54) is 0 Å². The third-order valence-electron chi connectivity index (χ3n) is 3.16. The van der Waals surface area contributed by atoms with Gasteiger partial charge in [0.15, 0.2) is 0 Å². The minimum Gasteiger partial charge on any atom is -0.333 e. The average molecular weight is 303 g/mol. The maximum Gasteiger partial charge on any atom is 0.319 e. The molecule has 0 aliphatic carbocycles. The summed E-state index contributed by atoms with van der Waals surface area (Å²) >= 11 is 1.63. The lowest BCUT2D eigenvalue weighted by Gasteiger charge is -2.14. The van der Waals surface area contributed by atoms with E-state index in [0.717, 1.165) is 22.7 Å². The van der Waals surface area contributed by atoms with Crippen LogP contribution in [-0.4, -0.2) is 12.6 Å². The second kappa shape index (κ2) is 7.81. The highest BCUT2D eigenvalue weighted by Crippen LogP contribution is 2.17. The third kappa shape index (κ3) is 4.88. The van der Waals surface area contributed by atoms with E-state index in [-0.39, 0.29) is 12.1 Å². The van der Waals surface area contributed by atoms with Gasteiger partial charge in [-0.1, -0.05) is 25.1 Å². The van der Waals surface area contributed by atoms with Gasteiger partial charge < -0.3 is 16.0 Å². The Balaban J connectivity index is 1.89. The number of urea groups is 1. The fourth-order valence-electron chi connectivity index (χ4n) is 2.07. The molecule has 0 aliphatic heterocycles. The highest BCUT2D eigenvalue weighted by molar-refractivity contribution is 7.09. The van der Waals surface area contributed by atoms with E-state index < -0.39 is 0 Å². The first-order valence-electron chi connectivity index (χ1n) is 7.09. The number of carbonyl (C=O) groups is 1. The van der Waals surface area contributed by atoms with Crippen LogP contribution in [0.25, 0.3) is 0 Å². The molecule has 1 unspecified atom stereocenters. The van der Waals surface area contributed by atoms with Crippen LogP contribution < -0.4 is 16.0 Å². The van der Waals surface area contributed by atoms with Crippen molar-refractivity contribution >= 4 is 23.1 Å². The Labute approximate surface area is 129 Å². The molecule has 2 aromatic rings. The van der Waals surface area contributed by atoms with Gasteiger partial charge in [0.2, 0.25) is 0 Å². The molecule has 0 fully saturated rings. The molecule has 1 atom stereocenters. The first-order valence-corrected chi connectivity index (χ1v) is 7.97. The molecule has 0 radical (unpaired) electrons. The van der Waals surface area contributed by atoms with Crippen molar-refractivity contribution in [2.45, 2.75) is 26.4 Å². The Bertz CT molecular complexity index is 569. The van der Waals surface area contributed by atoms with Crippen molar-refractivity contribution in [3.63, 3.8) is 0 Å². The lowest BCUT2D eigenvalue weighted by atomic mass is 10.1. The summed E-state index contributed by atoms with van der Waals surface area (Å²) in [7, 11) is 0.